The Morgan fingerprint density at radius 2 is 0.936 bits per heavy atom. The minimum atomic E-state index is 0.637. The first-order chi connectivity index (χ1) is 23.3. The molecule has 0 N–H and O–H groups in total. The minimum Gasteiger partial charge on any atom is -0.309 e. The third-order valence-electron chi connectivity index (χ3n) is 9.25. The number of hydrogen-bond donors (Lipinski definition) is 0. The standard InChI is InChI=1S/C42H27N5/c1-3-13-28(14-4-1)34-27-35(29-15-5-2-6-16-29)44-42(43-34)47-39-24-23-31(26-40(39)46-36-20-10-7-17-30(36)25-41(46)47)45-37-21-11-8-18-32(37)33-19-9-12-22-38(33)45/h1-27H. The number of aromatic nitrogens is 5. The molecular formula is C42H27N5. The molecule has 4 aromatic heterocycles. The van der Waals surface area contributed by atoms with Gasteiger partial charge in [0.25, 0.3) is 0 Å². The first kappa shape index (κ1) is 25.8. The van der Waals surface area contributed by atoms with E-state index in [0.29, 0.717) is 5.95 Å². The molecule has 6 aromatic carbocycles. The fourth-order valence-corrected chi connectivity index (χ4v) is 7.16. The van der Waals surface area contributed by atoms with E-state index < -0.39 is 0 Å². The number of nitrogens with zero attached hydrogens (tertiary/aromatic N) is 5. The highest BCUT2D eigenvalue weighted by molar-refractivity contribution is 6.09. The normalized spacial score (nSPS) is 11.8. The average molecular weight is 602 g/mol. The number of para-hydroxylation sites is 3. The average Bonchev–Trinajstić information content (AvgIpc) is 3.79. The molecule has 0 aliphatic rings. The zero-order valence-corrected chi connectivity index (χ0v) is 25.3. The third kappa shape index (κ3) is 3.90. The molecule has 10 rings (SSSR count). The molecular weight excluding hydrogens is 574 g/mol. The van der Waals surface area contributed by atoms with Gasteiger partial charge in [0.05, 0.1) is 39.0 Å². The van der Waals surface area contributed by atoms with Crippen LogP contribution in [0.2, 0.25) is 0 Å². The predicted molar refractivity (Wildman–Crippen MR) is 193 cm³/mol. The van der Waals surface area contributed by atoms with Crippen molar-refractivity contribution in [1.29, 1.82) is 0 Å². The van der Waals surface area contributed by atoms with E-state index in [1.54, 1.807) is 0 Å². The van der Waals surface area contributed by atoms with Crippen LogP contribution in [0.1, 0.15) is 0 Å². The Bertz CT molecular complexity index is 2670. The Balaban J connectivity index is 1.30. The van der Waals surface area contributed by atoms with Crippen LogP contribution in [0.15, 0.2) is 164 Å². The Kier molecular flexibility index (Phi) is 5.51. The quantitative estimate of drug-likeness (QED) is 0.201. The van der Waals surface area contributed by atoms with E-state index in [4.69, 9.17) is 9.97 Å². The Labute approximate surface area is 270 Å². The summed E-state index contributed by atoms with van der Waals surface area (Å²) in [5.41, 5.74) is 11.6. The van der Waals surface area contributed by atoms with Gasteiger partial charge >= 0.3 is 0 Å². The van der Waals surface area contributed by atoms with Crippen molar-refractivity contribution in [3.8, 4) is 34.2 Å². The predicted octanol–water partition coefficient (Wildman–Crippen LogP) is 10.3. The molecule has 0 bridgehead atoms. The monoisotopic (exact) mass is 601 g/mol. The Morgan fingerprint density at radius 1 is 0.383 bits per heavy atom. The van der Waals surface area contributed by atoms with Gasteiger partial charge in [-0.15, -0.1) is 0 Å². The van der Waals surface area contributed by atoms with E-state index in [2.05, 4.69) is 165 Å². The van der Waals surface area contributed by atoms with Crippen LogP contribution in [-0.4, -0.2) is 23.5 Å². The lowest BCUT2D eigenvalue weighted by molar-refractivity contribution is 0.985. The van der Waals surface area contributed by atoms with Gasteiger partial charge in [0.15, 0.2) is 0 Å². The summed E-state index contributed by atoms with van der Waals surface area (Å²) in [6.07, 6.45) is 0. The molecule has 0 saturated heterocycles. The van der Waals surface area contributed by atoms with Crippen LogP contribution in [0.3, 0.4) is 0 Å². The lowest BCUT2D eigenvalue weighted by atomic mass is 10.1. The molecule has 0 unspecified atom stereocenters. The Hall–Kier alpha value is -6.46. The number of imidazole rings is 1. The fraction of sp³-hybridized carbons (Fsp3) is 0. The molecule has 5 heteroatoms. The second-order valence-corrected chi connectivity index (χ2v) is 11.9. The number of benzene rings is 6. The van der Waals surface area contributed by atoms with Crippen molar-refractivity contribution in [2.24, 2.45) is 0 Å². The van der Waals surface area contributed by atoms with Crippen molar-refractivity contribution < 1.29 is 0 Å². The summed E-state index contributed by atoms with van der Waals surface area (Å²) in [5, 5.41) is 3.66. The van der Waals surface area contributed by atoms with Crippen LogP contribution in [0.4, 0.5) is 0 Å². The van der Waals surface area contributed by atoms with Crippen LogP contribution in [0.5, 0.6) is 0 Å². The van der Waals surface area contributed by atoms with Crippen LogP contribution in [0, 0.1) is 0 Å². The third-order valence-corrected chi connectivity index (χ3v) is 9.25. The molecule has 0 aliphatic carbocycles. The van der Waals surface area contributed by atoms with Crippen LogP contribution in [-0.2, 0) is 0 Å². The summed E-state index contributed by atoms with van der Waals surface area (Å²) in [7, 11) is 0. The second kappa shape index (κ2) is 10.0. The van der Waals surface area contributed by atoms with Gasteiger partial charge in [-0.1, -0.05) is 115 Å². The summed E-state index contributed by atoms with van der Waals surface area (Å²) in [6, 6.07) is 57.7. The van der Waals surface area contributed by atoms with E-state index in [1.165, 1.54) is 27.2 Å². The van der Waals surface area contributed by atoms with Gasteiger partial charge in [-0.25, -0.2) is 9.97 Å². The molecule has 220 valence electrons. The number of fused-ring (bicyclic) bond motifs is 8. The lowest BCUT2D eigenvalue weighted by Gasteiger charge is -2.11. The maximum atomic E-state index is 5.23. The van der Waals surface area contributed by atoms with Crippen molar-refractivity contribution >= 4 is 49.4 Å². The van der Waals surface area contributed by atoms with Gasteiger partial charge in [-0.05, 0) is 48.5 Å². The summed E-state index contributed by atoms with van der Waals surface area (Å²) in [4.78, 5) is 10.5. The molecule has 0 radical (unpaired) electrons. The van der Waals surface area contributed by atoms with E-state index in [-0.39, 0.29) is 0 Å². The molecule has 4 heterocycles. The van der Waals surface area contributed by atoms with Crippen molar-refractivity contribution in [2.75, 3.05) is 0 Å². The van der Waals surface area contributed by atoms with E-state index in [9.17, 15) is 0 Å². The van der Waals surface area contributed by atoms with E-state index in [1.807, 2.05) is 12.1 Å². The van der Waals surface area contributed by atoms with Gasteiger partial charge in [0, 0.05) is 33.0 Å². The minimum absolute atomic E-state index is 0.637. The molecule has 0 saturated carbocycles. The van der Waals surface area contributed by atoms with Crippen molar-refractivity contribution in [3.05, 3.63) is 164 Å². The van der Waals surface area contributed by atoms with Gasteiger partial charge in [0.1, 0.15) is 5.65 Å². The molecule has 0 aliphatic heterocycles. The van der Waals surface area contributed by atoms with Crippen molar-refractivity contribution in [3.63, 3.8) is 0 Å². The first-order valence-electron chi connectivity index (χ1n) is 15.9. The summed E-state index contributed by atoms with van der Waals surface area (Å²) >= 11 is 0. The zero-order valence-electron chi connectivity index (χ0n) is 25.3. The van der Waals surface area contributed by atoms with E-state index >= 15 is 0 Å². The van der Waals surface area contributed by atoms with Crippen LogP contribution >= 0.6 is 0 Å². The Morgan fingerprint density at radius 3 is 1.57 bits per heavy atom. The largest absolute Gasteiger partial charge is 0.309 e. The molecule has 0 fully saturated rings. The highest BCUT2D eigenvalue weighted by Gasteiger charge is 2.21. The highest BCUT2D eigenvalue weighted by Crippen LogP contribution is 2.36. The molecule has 0 spiro atoms. The summed E-state index contributed by atoms with van der Waals surface area (Å²) < 4.78 is 6.94. The topological polar surface area (TPSA) is 40.0 Å². The van der Waals surface area contributed by atoms with Crippen LogP contribution < -0.4 is 0 Å². The molecule has 10 aromatic rings. The summed E-state index contributed by atoms with van der Waals surface area (Å²) in [5.74, 6) is 0.637. The van der Waals surface area contributed by atoms with E-state index in [0.717, 1.165) is 50.4 Å². The summed E-state index contributed by atoms with van der Waals surface area (Å²) in [6.45, 7) is 0. The van der Waals surface area contributed by atoms with Crippen LogP contribution in [0.25, 0.3) is 83.5 Å². The molecule has 0 atom stereocenters. The highest BCUT2D eigenvalue weighted by atomic mass is 15.2. The molecule has 5 nitrogen and oxygen atoms in total. The van der Waals surface area contributed by atoms with Gasteiger partial charge in [0.2, 0.25) is 5.95 Å². The molecule has 47 heavy (non-hydrogen) atoms. The SMILES string of the molecule is c1ccc(-c2cc(-c3ccccc3)nc(-n3c4ccc(-n5c6ccccc6c6ccccc65)cc4n4c5ccccc5cc34)n2)cc1. The smallest absolute Gasteiger partial charge is 0.237 e. The van der Waals surface area contributed by atoms with Gasteiger partial charge in [-0.2, -0.15) is 0 Å². The lowest BCUT2D eigenvalue weighted by Crippen LogP contribution is -2.04. The van der Waals surface area contributed by atoms with Crippen molar-refractivity contribution in [1.82, 2.24) is 23.5 Å². The van der Waals surface area contributed by atoms with Gasteiger partial charge in [-0.3, -0.25) is 8.97 Å². The first-order valence-corrected chi connectivity index (χ1v) is 15.9. The maximum absolute atomic E-state index is 5.23. The molecule has 0 amide bonds. The zero-order chi connectivity index (χ0) is 30.9. The number of hydrogen-bond acceptors (Lipinski definition) is 2. The fourth-order valence-electron chi connectivity index (χ4n) is 7.16. The van der Waals surface area contributed by atoms with Gasteiger partial charge < -0.3 is 4.57 Å². The second-order valence-electron chi connectivity index (χ2n) is 11.9. The maximum Gasteiger partial charge on any atom is 0.237 e. The number of rotatable bonds is 4. The van der Waals surface area contributed by atoms with Crippen molar-refractivity contribution in [2.45, 2.75) is 0 Å².